The van der Waals surface area contributed by atoms with E-state index in [1.54, 1.807) is 67.6 Å². The van der Waals surface area contributed by atoms with Crippen molar-refractivity contribution in [1.82, 2.24) is 10.2 Å². The molecular weight excluding hydrogens is 514 g/mol. The lowest BCUT2D eigenvalue weighted by Crippen LogP contribution is -2.50. The maximum Gasteiger partial charge on any atom is 0.264 e. The highest BCUT2D eigenvalue weighted by molar-refractivity contribution is 7.92. The Hall–Kier alpha value is -3.56. The lowest BCUT2D eigenvalue weighted by molar-refractivity contribution is -0.139. The number of amides is 2. The van der Waals surface area contributed by atoms with E-state index in [4.69, 9.17) is 16.3 Å². The summed E-state index contributed by atoms with van der Waals surface area (Å²) in [6.07, 6.45) is 0. The molecule has 0 fully saturated rings. The van der Waals surface area contributed by atoms with Gasteiger partial charge in [-0.1, -0.05) is 53.6 Å². The summed E-state index contributed by atoms with van der Waals surface area (Å²) >= 11 is 6.33. The van der Waals surface area contributed by atoms with Gasteiger partial charge in [0.2, 0.25) is 11.8 Å². The number of ether oxygens (including phenoxy) is 1. The lowest BCUT2D eigenvalue weighted by atomic mass is 10.1. The molecular formula is C27H30ClN3O5S. The van der Waals surface area contributed by atoms with Crippen molar-refractivity contribution in [1.29, 1.82) is 0 Å². The number of aryl methyl sites for hydroxylation is 1. The van der Waals surface area contributed by atoms with Crippen LogP contribution in [0.4, 0.5) is 5.69 Å². The second-order valence-electron chi connectivity index (χ2n) is 8.43. The number of nitrogens with zero attached hydrogens (tertiary/aromatic N) is 2. The average Bonchev–Trinajstić information content (AvgIpc) is 2.90. The standard InChI is InChI=1S/C27H30ClN3O5S/c1-19-12-14-24(15-13-19)37(34,35)31(22-9-7-10-23(16-22)36-4)18-26(32)30(20(2)27(33)29-3)17-21-8-5-6-11-25(21)28/h5-16,20H,17-18H2,1-4H3,(H,29,33)/t20-/m0/s1. The molecule has 0 unspecified atom stereocenters. The minimum absolute atomic E-state index is 0.0175. The van der Waals surface area contributed by atoms with Gasteiger partial charge in [0.1, 0.15) is 18.3 Å². The number of sulfonamides is 1. The third kappa shape index (κ3) is 6.61. The van der Waals surface area contributed by atoms with Crippen LogP contribution in [-0.2, 0) is 26.2 Å². The van der Waals surface area contributed by atoms with Crippen molar-refractivity contribution in [3.05, 3.63) is 88.9 Å². The molecule has 0 spiro atoms. The number of halogens is 1. The van der Waals surface area contributed by atoms with Crippen molar-refractivity contribution in [3.63, 3.8) is 0 Å². The molecule has 1 atom stereocenters. The zero-order chi connectivity index (χ0) is 27.2. The SMILES string of the molecule is CNC(=O)[C@H](C)N(Cc1ccccc1Cl)C(=O)CN(c1cccc(OC)c1)S(=O)(=O)c1ccc(C)cc1. The molecule has 196 valence electrons. The number of benzene rings is 3. The Morgan fingerprint density at radius 3 is 2.32 bits per heavy atom. The fraction of sp³-hybridized carbons (Fsp3) is 0.259. The van der Waals surface area contributed by atoms with E-state index in [-0.39, 0.29) is 17.1 Å². The van der Waals surface area contributed by atoms with Gasteiger partial charge in [-0.25, -0.2) is 8.42 Å². The zero-order valence-electron chi connectivity index (χ0n) is 21.1. The van der Waals surface area contributed by atoms with Crippen molar-refractivity contribution >= 4 is 39.1 Å². The molecule has 8 nitrogen and oxygen atoms in total. The van der Waals surface area contributed by atoms with Crippen LogP contribution in [0.1, 0.15) is 18.1 Å². The lowest BCUT2D eigenvalue weighted by Gasteiger charge is -2.32. The van der Waals surface area contributed by atoms with Crippen molar-refractivity contribution in [3.8, 4) is 5.75 Å². The largest absolute Gasteiger partial charge is 0.497 e. The number of likely N-dealkylation sites (N-methyl/N-ethyl adjacent to an activating group) is 1. The van der Waals surface area contributed by atoms with E-state index in [1.807, 2.05) is 6.92 Å². The molecule has 0 bridgehead atoms. The van der Waals surface area contributed by atoms with Gasteiger partial charge in [-0.15, -0.1) is 0 Å². The molecule has 0 saturated heterocycles. The van der Waals surface area contributed by atoms with Crippen LogP contribution in [0.15, 0.2) is 77.7 Å². The maximum atomic E-state index is 13.8. The molecule has 0 radical (unpaired) electrons. The fourth-order valence-corrected chi connectivity index (χ4v) is 5.33. The molecule has 3 rings (SSSR count). The smallest absolute Gasteiger partial charge is 0.264 e. The summed E-state index contributed by atoms with van der Waals surface area (Å²) in [5.74, 6) is -0.537. The summed E-state index contributed by atoms with van der Waals surface area (Å²) in [4.78, 5) is 27.6. The van der Waals surface area contributed by atoms with Gasteiger partial charge in [0.05, 0.1) is 17.7 Å². The highest BCUT2D eigenvalue weighted by atomic mass is 35.5. The van der Waals surface area contributed by atoms with E-state index in [0.717, 1.165) is 9.87 Å². The van der Waals surface area contributed by atoms with Gasteiger partial charge in [0.15, 0.2) is 0 Å². The summed E-state index contributed by atoms with van der Waals surface area (Å²) in [5.41, 5.74) is 1.77. The first-order chi connectivity index (χ1) is 17.6. The summed E-state index contributed by atoms with van der Waals surface area (Å²) in [6.45, 7) is 2.91. The van der Waals surface area contributed by atoms with Gasteiger partial charge in [-0.05, 0) is 49.7 Å². The van der Waals surface area contributed by atoms with E-state index in [9.17, 15) is 18.0 Å². The van der Waals surface area contributed by atoms with Gasteiger partial charge >= 0.3 is 0 Å². The monoisotopic (exact) mass is 543 g/mol. The maximum absolute atomic E-state index is 13.8. The van der Waals surface area contributed by atoms with Crippen LogP contribution in [0.2, 0.25) is 5.02 Å². The van der Waals surface area contributed by atoms with E-state index in [0.29, 0.717) is 16.3 Å². The van der Waals surface area contributed by atoms with E-state index in [1.165, 1.54) is 31.2 Å². The Balaban J connectivity index is 2.06. The van der Waals surface area contributed by atoms with Crippen molar-refractivity contribution < 1.29 is 22.7 Å². The number of anilines is 1. The molecule has 10 heteroatoms. The Bertz CT molecular complexity index is 1360. The normalized spacial score (nSPS) is 11.9. The molecule has 0 heterocycles. The van der Waals surface area contributed by atoms with Crippen LogP contribution in [0.25, 0.3) is 0 Å². The first-order valence-corrected chi connectivity index (χ1v) is 13.4. The van der Waals surface area contributed by atoms with Crippen LogP contribution in [0.5, 0.6) is 5.75 Å². The predicted octanol–water partition coefficient (Wildman–Crippen LogP) is 4.02. The molecule has 0 saturated carbocycles. The number of hydrogen-bond donors (Lipinski definition) is 1. The second kappa shape index (κ2) is 12.1. The van der Waals surface area contributed by atoms with Gasteiger partial charge in [0.25, 0.3) is 10.0 Å². The van der Waals surface area contributed by atoms with Crippen LogP contribution < -0.4 is 14.4 Å². The van der Waals surface area contributed by atoms with Gasteiger partial charge in [-0.3, -0.25) is 13.9 Å². The second-order valence-corrected chi connectivity index (χ2v) is 10.7. The number of nitrogens with one attached hydrogen (secondary N) is 1. The Labute approximate surface area is 222 Å². The molecule has 1 N–H and O–H groups in total. The topological polar surface area (TPSA) is 96.0 Å². The molecule has 2 amide bonds. The Kier molecular flexibility index (Phi) is 9.18. The number of rotatable bonds is 10. The third-order valence-electron chi connectivity index (χ3n) is 5.94. The molecule has 0 aliphatic heterocycles. The fourth-order valence-electron chi connectivity index (χ4n) is 3.73. The molecule has 3 aromatic rings. The summed E-state index contributed by atoms with van der Waals surface area (Å²) < 4.78 is 33.9. The first-order valence-electron chi connectivity index (χ1n) is 11.6. The van der Waals surface area contributed by atoms with Crippen molar-refractivity contribution in [2.45, 2.75) is 31.3 Å². The number of carbonyl (C=O) groups is 2. The van der Waals surface area contributed by atoms with Crippen LogP contribution in [0, 0.1) is 6.92 Å². The molecule has 3 aromatic carbocycles. The molecule has 0 aliphatic carbocycles. The van der Waals surface area contributed by atoms with Crippen LogP contribution in [-0.4, -0.2) is 51.9 Å². The van der Waals surface area contributed by atoms with Crippen molar-refractivity contribution in [2.75, 3.05) is 25.0 Å². The zero-order valence-corrected chi connectivity index (χ0v) is 22.7. The summed E-state index contributed by atoms with van der Waals surface area (Å²) in [7, 11) is -1.21. The Morgan fingerprint density at radius 1 is 1.03 bits per heavy atom. The van der Waals surface area contributed by atoms with E-state index >= 15 is 0 Å². The summed E-state index contributed by atoms with van der Waals surface area (Å²) in [6, 6.07) is 18.9. The predicted molar refractivity (Wildman–Crippen MR) is 144 cm³/mol. The quantitative estimate of drug-likeness (QED) is 0.417. The summed E-state index contributed by atoms with van der Waals surface area (Å²) in [5, 5.41) is 2.98. The Morgan fingerprint density at radius 2 is 1.70 bits per heavy atom. The van der Waals surface area contributed by atoms with Gasteiger partial charge < -0.3 is 15.0 Å². The molecule has 37 heavy (non-hydrogen) atoms. The minimum Gasteiger partial charge on any atom is -0.497 e. The van der Waals surface area contributed by atoms with Crippen molar-refractivity contribution in [2.24, 2.45) is 0 Å². The number of hydrogen-bond acceptors (Lipinski definition) is 5. The van der Waals surface area contributed by atoms with E-state index in [2.05, 4.69) is 5.32 Å². The molecule has 0 aliphatic rings. The van der Waals surface area contributed by atoms with Crippen LogP contribution >= 0.6 is 11.6 Å². The minimum atomic E-state index is -4.15. The molecule has 0 aromatic heterocycles. The first kappa shape index (κ1) is 28.0. The van der Waals surface area contributed by atoms with Gasteiger partial charge in [0, 0.05) is 24.7 Å². The number of methoxy groups -OCH3 is 1. The van der Waals surface area contributed by atoms with Gasteiger partial charge in [-0.2, -0.15) is 0 Å². The number of carbonyl (C=O) groups excluding carboxylic acids is 2. The highest BCUT2D eigenvalue weighted by Gasteiger charge is 2.32. The third-order valence-corrected chi connectivity index (χ3v) is 8.10. The van der Waals surface area contributed by atoms with E-state index < -0.39 is 34.4 Å². The highest BCUT2D eigenvalue weighted by Crippen LogP contribution is 2.28. The average molecular weight is 544 g/mol. The van der Waals surface area contributed by atoms with Crippen LogP contribution in [0.3, 0.4) is 0 Å².